The van der Waals surface area contributed by atoms with Crippen molar-refractivity contribution in [2.24, 2.45) is 0 Å². The summed E-state index contributed by atoms with van der Waals surface area (Å²) in [7, 11) is 3.20. The Hall–Kier alpha value is -2.69. The zero-order valence-corrected chi connectivity index (χ0v) is 15.3. The van der Waals surface area contributed by atoms with E-state index in [9.17, 15) is 4.79 Å². The highest BCUT2D eigenvalue weighted by Crippen LogP contribution is 2.27. The molecule has 0 aliphatic carbocycles. The van der Waals surface area contributed by atoms with Crippen LogP contribution in [-0.4, -0.2) is 26.7 Å². The fourth-order valence-corrected chi connectivity index (χ4v) is 2.67. The van der Waals surface area contributed by atoms with E-state index in [1.54, 1.807) is 14.2 Å². The number of hydrogen-bond donors (Lipinski definition) is 2. The van der Waals surface area contributed by atoms with Crippen molar-refractivity contribution in [1.82, 2.24) is 5.32 Å². The smallest absolute Gasteiger partial charge is 0.222 e. The highest BCUT2D eigenvalue weighted by molar-refractivity contribution is 5.76. The van der Waals surface area contributed by atoms with Gasteiger partial charge in [0.1, 0.15) is 0 Å². The Bertz CT molecular complexity index is 709. The average molecular weight is 342 g/mol. The molecular weight excluding hydrogens is 316 g/mol. The molecule has 0 atom stereocenters. The maximum atomic E-state index is 12.0. The van der Waals surface area contributed by atoms with Crippen LogP contribution >= 0.6 is 0 Å². The Morgan fingerprint density at radius 1 is 1.00 bits per heavy atom. The SMILES string of the molecule is COc1ccc(CNC(=O)CCNc2c(C)cccc2C)cc1OC. The van der Waals surface area contributed by atoms with Crippen LogP contribution < -0.4 is 20.1 Å². The van der Waals surface area contributed by atoms with Gasteiger partial charge in [-0.2, -0.15) is 0 Å². The number of para-hydroxylation sites is 1. The molecule has 5 nitrogen and oxygen atoms in total. The number of hydrogen-bond acceptors (Lipinski definition) is 4. The van der Waals surface area contributed by atoms with Gasteiger partial charge in [-0.15, -0.1) is 0 Å². The molecule has 0 spiro atoms. The molecule has 5 heteroatoms. The van der Waals surface area contributed by atoms with Crippen LogP contribution in [0.15, 0.2) is 36.4 Å². The molecular formula is C20H26N2O3. The van der Waals surface area contributed by atoms with Gasteiger partial charge in [0.25, 0.3) is 0 Å². The summed E-state index contributed by atoms with van der Waals surface area (Å²) in [4.78, 5) is 12.0. The van der Waals surface area contributed by atoms with Crippen molar-refractivity contribution in [3.8, 4) is 11.5 Å². The van der Waals surface area contributed by atoms with Gasteiger partial charge < -0.3 is 20.1 Å². The van der Waals surface area contributed by atoms with Crippen LogP contribution in [0.5, 0.6) is 11.5 Å². The second-order valence-electron chi connectivity index (χ2n) is 5.91. The molecule has 0 radical (unpaired) electrons. The first-order chi connectivity index (χ1) is 12.0. The monoisotopic (exact) mass is 342 g/mol. The molecule has 0 heterocycles. The second kappa shape index (κ2) is 8.97. The lowest BCUT2D eigenvalue weighted by atomic mass is 10.1. The summed E-state index contributed by atoms with van der Waals surface area (Å²) in [5.41, 5.74) is 4.44. The molecule has 2 N–H and O–H groups in total. The Balaban J connectivity index is 1.81. The summed E-state index contributed by atoms with van der Waals surface area (Å²) in [5.74, 6) is 1.34. The summed E-state index contributed by atoms with van der Waals surface area (Å²) in [5, 5.41) is 6.27. The molecule has 134 valence electrons. The molecule has 0 aromatic heterocycles. The molecule has 2 aromatic carbocycles. The fraction of sp³-hybridized carbons (Fsp3) is 0.350. The summed E-state index contributed by atoms with van der Waals surface area (Å²) in [6.45, 7) is 5.19. The van der Waals surface area contributed by atoms with Gasteiger partial charge in [-0.25, -0.2) is 0 Å². The van der Waals surface area contributed by atoms with Gasteiger partial charge in [0.2, 0.25) is 5.91 Å². The van der Waals surface area contributed by atoms with Crippen molar-refractivity contribution in [3.05, 3.63) is 53.1 Å². The molecule has 0 saturated carbocycles. The molecule has 1 amide bonds. The van der Waals surface area contributed by atoms with Crippen molar-refractivity contribution < 1.29 is 14.3 Å². The molecule has 0 aliphatic rings. The van der Waals surface area contributed by atoms with Gasteiger partial charge in [0, 0.05) is 25.2 Å². The van der Waals surface area contributed by atoms with Crippen molar-refractivity contribution in [2.75, 3.05) is 26.1 Å². The van der Waals surface area contributed by atoms with Crippen molar-refractivity contribution >= 4 is 11.6 Å². The number of carbonyl (C=O) groups excluding carboxylic acids is 1. The molecule has 0 fully saturated rings. The van der Waals surface area contributed by atoms with Crippen molar-refractivity contribution in [1.29, 1.82) is 0 Å². The van der Waals surface area contributed by atoms with Crippen LogP contribution in [-0.2, 0) is 11.3 Å². The van der Waals surface area contributed by atoms with E-state index in [2.05, 4.69) is 36.6 Å². The zero-order valence-electron chi connectivity index (χ0n) is 15.3. The highest BCUT2D eigenvalue weighted by atomic mass is 16.5. The number of ether oxygens (including phenoxy) is 2. The van der Waals surface area contributed by atoms with Crippen LogP contribution in [0.2, 0.25) is 0 Å². The second-order valence-corrected chi connectivity index (χ2v) is 5.91. The normalized spacial score (nSPS) is 10.2. The molecule has 2 aromatic rings. The predicted octanol–water partition coefficient (Wildman–Crippen LogP) is 3.44. The van der Waals surface area contributed by atoms with Gasteiger partial charge in [0.05, 0.1) is 14.2 Å². The Kier molecular flexibility index (Phi) is 6.69. The van der Waals surface area contributed by atoms with E-state index in [0.29, 0.717) is 31.0 Å². The first-order valence-corrected chi connectivity index (χ1v) is 8.33. The van der Waals surface area contributed by atoms with E-state index in [0.717, 1.165) is 11.3 Å². The van der Waals surface area contributed by atoms with Gasteiger partial charge in [-0.05, 0) is 42.7 Å². The lowest BCUT2D eigenvalue weighted by Gasteiger charge is -2.13. The summed E-state index contributed by atoms with van der Waals surface area (Å²) >= 11 is 0. The minimum Gasteiger partial charge on any atom is -0.493 e. The van der Waals surface area contributed by atoms with E-state index in [4.69, 9.17) is 9.47 Å². The molecule has 0 unspecified atom stereocenters. The number of anilines is 1. The fourth-order valence-electron chi connectivity index (χ4n) is 2.67. The Labute approximate surface area is 149 Å². The maximum Gasteiger partial charge on any atom is 0.222 e. The third-order valence-corrected chi connectivity index (χ3v) is 4.07. The molecule has 0 aliphatic heterocycles. The van der Waals surface area contributed by atoms with Gasteiger partial charge >= 0.3 is 0 Å². The molecule has 25 heavy (non-hydrogen) atoms. The largest absolute Gasteiger partial charge is 0.493 e. The van der Waals surface area contributed by atoms with Crippen LogP contribution in [0.1, 0.15) is 23.1 Å². The minimum atomic E-state index is 0.00789. The summed E-state index contributed by atoms with van der Waals surface area (Å²) in [6, 6.07) is 11.8. The van der Waals surface area contributed by atoms with E-state index < -0.39 is 0 Å². The van der Waals surface area contributed by atoms with Crippen LogP contribution in [0.3, 0.4) is 0 Å². The lowest BCUT2D eigenvalue weighted by molar-refractivity contribution is -0.121. The molecule has 0 saturated heterocycles. The average Bonchev–Trinajstić information content (AvgIpc) is 2.62. The number of methoxy groups -OCH3 is 2. The predicted molar refractivity (Wildman–Crippen MR) is 100 cm³/mol. The summed E-state index contributed by atoms with van der Waals surface area (Å²) in [6.07, 6.45) is 0.418. The minimum absolute atomic E-state index is 0.00789. The summed E-state index contributed by atoms with van der Waals surface area (Å²) < 4.78 is 10.5. The topological polar surface area (TPSA) is 59.6 Å². The Morgan fingerprint density at radius 2 is 1.68 bits per heavy atom. The van der Waals surface area contributed by atoms with Crippen molar-refractivity contribution in [2.45, 2.75) is 26.8 Å². The van der Waals surface area contributed by atoms with E-state index in [1.165, 1.54) is 11.1 Å². The number of nitrogens with one attached hydrogen (secondary N) is 2. The number of amides is 1. The van der Waals surface area contributed by atoms with Gasteiger partial charge in [0.15, 0.2) is 11.5 Å². The third kappa shape index (κ3) is 5.14. The van der Waals surface area contributed by atoms with Crippen LogP contribution in [0, 0.1) is 13.8 Å². The van der Waals surface area contributed by atoms with Crippen LogP contribution in [0.4, 0.5) is 5.69 Å². The molecule has 0 bridgehead atoms. The molecule has 2 rings (SSSR count). The number of rotatable bonds is 8. The first kappa shape index (κ1) is 18.6. The lowest BCUT2D eigenvalue weighted by Crippen LogP contribution is -2.25. The zero-order chi connectivity index (χ0) is 18.2. The third-order valence-electron chi connectivity index (χ3n) is 4.07. The maximum absolute atomic E-state index is 12.0. The number of aryl methyl sites for hydroxylation is 2. The van der Waals surface area contributed by atoms with E-state index in [-0.39, 0.29) is 5.91 Å². The van der Waals surface area contributed by atoms with Crippen LogP contribution in [0.25, 0.3) is 0 Å². The van der Waals surface area contributed by atoms with E-state index >= 15 is 0 Å². The number of benzene rings is 2. The van der Waals surface area contributed by atoms with Gasteiger partial charge in [-0.3, -0.25) is 4.79 Å². The number of carbonyl (C=O) groups is 1. The quantitative estimate of drug-likeness (QED) is 0.771. The standard InChI is InChI=1S/C20H26N2O3/c1-14-6-5-7-15(2)20(14)21-11-10-19(23)22-13-16-8-9-17(24-3)18(12-16)25-4/h5-9,12,21H,10-11,13H2,1-4H3,(H,22,23). The first-order valence-electron chi connectivity index (χ1n) is 8.33. The van der Waals surface area contributed by atoms with E-state index in [1.807, 2.05) is 24.3 Å². The Morgan fingerprint density at radius 3 is 2.32 bits per heavy atom. The van der Waals surface area contributed by atoms with Gasteiger partial charge in [-0.1, -0.05) is 24.3 Å². The van der Waals surface area contributed by atoms with Crippen molar-refractivity contribution in [3.63, 3.8) is 0 Å². The highest BCUT2D eigenvalue weighted by Gasteiger charge is 2.07.